The third kappa shape index (κ3) is 4.15. The number of hydrogen-bond donors (Lipinski definition) is 0. The summed E-state index contributed by atoms with van der Waals surface area (Å²) in [5, 5.41) is 1.00. The van der Waals surface area contributed by atoms with Gasteiger partial charge in [-0.25, -0.2) is 9.37 Å². The topological polar surface area (TPSA) is 66.9 Å². The maximum absolute atomic E-state index is 15.0. The predicted molar refractivity (Wildman–Crippen MR) is 134 cm³/mol. The van der Waals surface area contributed by atoms with Crippen LogP contribution in [0.25, 0.3) is 10.2 Å². The van der Waals surface area contributed by atoms with Crippen molar-refractivity contribution >= 4 is 27.5 Å². The summed E-state index contributed by atoms with van der Waals surface area (Å²) in [7, 11) is 1.38. The zero-order valence-electron chi connectivity index (χ0n) is 19.9. The Morgan fingerprint density at radius 2 is 2.03 bits per heavy atom. The standard InChI is InChI=1S/C28H24FNO5S/c1-15-30-22-8-4-18(13-26(22)36-15)34-23-10-7-21(29)28-20(23)6-9-24(28)35-17-3-5-19-16(11-27(31)32-2)14-33-25(19)12-17/h3-5,7-8,10,12-13,16,24H,6,9,11,14H2,1-2H3. The van der Waals surface area contributed by atoms with E-state index in [1.165, 1.54) is 13.2 Å². The monoisotopic (exact) mass is 505 g/mol. The molecule has 2 aliphatic rings. The average molecular weight is 506 g/mol. The Bertz CT molecular complexity index is 1480. The van der Waals surface area contributed by atoms with Gasteiger partial charge in [0.1, 0.15) is 34.9 Å². The van der Waals surface area contributed by atoms with Crippen LogP contribution >= 0.6 is 11.3 Å². The molecule has 184 valence electrons. The molecule has 8 heteroatoms. The highest BCUT2D eigenvalue weighted by atomic mass is 32.1. The molecule has 36 heavy (non-hydrogen) atoms. The Hall–Kier alpha value is -3.65. The van der Waals surface area contributed by atoms with Crippen LogP contribution in [-0.4, -0.2) is 24.7 Å². The summed E-state index contributed by atoms with van der Waals surface area (Å²) in [6.07, 6.45) is 1.13. The fourth-order valence-corrected chi connectivity index (χ4v) is 5.87. The Kier molecular flexibility index (Phi) is 5.76. The molecule has 2 heterocycles. The molecule has 2 atom stereocenters. The van der Waals surface area contributed by atoms with Gasteiger partial charge >= 0.3 is 5.97 Å². The van der Waals surface area contributed by atoms with Crippen LogP contribution in [0.5, 0.6) is 23.0 Å². The van der Waals surface area contributed by atoms with Crippen LogP contribution in [0.3, 0.4) is 0 Å². The molecule has 1 aromatic heterocycles. The van der Waals surface area contributed by atoms with Crippen LogP contribution in [0.1, 0.15) is 46.6 Å². The summed E-state index contributed by atoms with van der Waals surface area (Å²) in [4.78, 5) is 16.2. The predicted octanol–water partition coefficient (Wildman–Crippen LogP) is 6.64. The molecule has 3 aromatic carbocycles. The van der Waals surface area contributed by atoms with Crippen LogP contribution in [0, 0.1) is 12.7 Å². The molecule has 0 amide bonds. The highest BCUT2D eigenvalue weighted by Crippen LogP contribution is 2.44. The summed E-state index contributed by atoms with van der Waals surface area (Å²) < 4.78 is 39.1. The third-order valence-corrected chi connectivity index (χ3v) is 7.65. The Morgan fingerprint density at radius 3 is 2.89 bits per heavy atom. The van der Waals surface area contributed by atoms with Gasteiger partial charge in [0.05, 0.1) is 35.4 Å². The van der Waals surface area contributed by atoms with Gasteiger partial charge in [0.25, 0.3) is 0 Å². The minimum Gasteiger partial charge on any atom is -0.492 e. The van der Waals surface area contributed by atoms with Crippen molar-refractivity contribution in [1.82, 2.24) is 4.98 Å². The van der Waals surface area contributed by atoms with Crippen LogP contribution < -0.4 is 14.2 Å². The first kappa shape index (κ1) is 22.8. The summed E-state index contributed by atoms with van der Waals surface area (Å²) in [6, 6.07) is 14.5. The van der Waals surface area contributed by atoms with Gasteiger partial charge < -0.3 is 18.9 Å². The molecular formula is C28H24FNO5S. The normalized spacial score (nSPS) is 18.0. The molecule has 0 bridgehead atoms. The highest BCUT2D eigenvalue weighted by Gasteiger charge is 2.32. The molecule has 0 N–H and O–H groups in total. The van der Waals surface area contributed by atoms with E-state index in [-0.39, 0.29) is 24.1 Å². The van der Waals surface area contributed by atoms with Crippen molar-refractivity contribution in [1.29, 1.82) is 0 Å². The zero-order valence-corrected chi connectivity index (χ0v) is 20.7. The van der Waals surface area contributed by atoms with Crippen molar-refractivity contribution in [2.45, 2.75) is 38.2 Å². The number of carbonyl (C=O) groups is 1. The van der Waals surface area contributed by atoms with Gasteiger partial charge in [-0.05, 0) is 50.1 Å². The first-order chi connectivity index (χ1) is 17.5. The van der Waals surface area contributed by atoms with Crippen molar-refractivity contribution in [3.05, 3.63) is 76.0 Å². The number of fused-ring (bicyclic) bond motifs is 3. The lowest BCUT2D eigenvalue weighted by molar-refractivity contribution is -0.141. The summed E-state index contributed by atoms with van der Waals surface area (Å²) in [5.41, 5.74) is 3.26. The van der Waals surface area contributed by atoms with Crippen molar-refractivity contribution in [3.8, 4) is 23.0 Å². The number of nitrogens with zero attached hydrogens (tertiary/aromatic N) is 1. The van der Waals surface area contributed by atoms with Crippen LogP contribution in [-0.2, 0) is 16.0 Å². The number of halogens is 1. The SMILES string of the molecule is COC(=O)CC1COc2cc(OC3CCc4c(Oc5ccc6nc(C)sc6c5)ccc(F)c43)ccc21. The molecule has 1 aliphatic heterocycles. The second kappa shape index (κ2) is 9.09. The molecule has 6 nitrogen and oxygen atoms in total. The largest absolute Gasteiger partial charge is 0.492 e. The summed E-state index contributed by atoms with van der Waals surface area (Å²) in [5.74, 6) is 2.01. The van der Waals surface area contributed by atoms with Gasteiger partial charge in [0.15, 0.2) is 0 Å². The van der Waals surface area contributed by atoms with Gasteiger partial charge in [0.2, 0.25) is 0 Å². The number of benzene rings is 3. The molecule has 1 aliphatic carbocycles. The van der Waals surface area contributed by atoms with Crippen LogP contribution in [0.15, 0.2) is 48.5 Å². The van der Waals surface area contributed by atoms with E-state index in [0.29, 0.717) is 48.0 Å². The van der Waals surface area contributed by atoms with Gasteiger partial charge in [-0.3, -0.25) is 4.79 Å². The van der Waals surface area contributed by atoms with Crippen LogP contribution in [0.2, 0.25) is 0 Å². The van der Waals surface area contributed by atoms with Gasteiger partial charge in [-0.1, -0.05) is 6.07 Å². The lowest BCUT2D eigenvalue weighted by Crippen LogP contribution is -2.09. The second-order valence-electron chi connectivity index (χ2n) is 9.04. The zero-order chi connectivity index (χ0) is 24.8. The molecule has 2 unspecified atom stereocenters. The molecule has 0 radical (unpaired) electrons. The minimum absolute atomic E-state index is 0.0426. The Morgan fingerprint density at radius 1 is 1.17 bits per heavy atom. The summed E-state index contributed by atoms with van der Waals surface area (Å²) in [6.45, 7) is 2.40. The van der Waals surface area contributed by atoms with E-state index in [9.17, 15) is 9.18 Å². The minimum atomic E-state index is -0.430. The number of ether oxygens (including phenoxy) is 4. The van der Waals surface area contributed by atoms with Gasteiger partial charge in [0, 0.05) is 34.7 Å². The van der Waals surface area contributed by atoms with E-state index >= 15 is 0 Å². The van der Waals surface area contributed by atoms with E-state index in [1.54, 1.807) is 17.4 Å². The number of methoxy groups -OCH3 is 1. The number of thiazole rings is 1. The quantitative estimate of drug-likeness (QED) is 0.274. The lowest BCUT2D eigenvalue weighted by atomic mass is 9.98. The van der Waals surface area contributed by atoms with Crippen molar-refractivity contribution in [2.24, 2.45) is 0 Å². The fourth-order valence-electron chi connectivity index (χ4n) is 5.01. The van der Waals surface area contributed by atoms with Crippen molar-refractivity contribution in [2.75, 3.05) is 13.7 Å². The summed E-state index contributed by atoms with van der Waals surface area (Å²) >= 11 is 1.61. The number of esters is 1. The third-order valence-electron chi connectivity index (χ3n) is 6.72. The van der Waals surface area contributed by atoms with E-state index < -0.39 is 6.10 Å². The molecule has 0 saturated heterocycles. The van der Waals surface area contributed by atoms with Crippen molar-refractivity contribution in [3.63, 3.8) is 0 Å². The number of rotatable bonds is 6. The Balaban J connectivity index is 1.22. The van der Waals surface area contributed by atoms with E-state index in [2.05, 4.69) is 4.98 Å². The van der Waals surface area contributed by atoms with Gasteiger partial charge in [-0.2, -0.15) is 0 Å². The first-order valence-electron chi connectivity index (χ1n) is 11.8. The fraction of sp³-hybridized carbons (Fsp3) is 0.286. The highest BCUT2D eigenvalue weighted by molar-refractivity contribution is 7.18. The van der Waals surface area contributed by atoms with E-state index in [4.69, 9.17) is 18.9 Å². The lowest BCUT2D eigenvalue weighted by Gasteiger charge is -2.17. The number of aromatic nitrogens is 1. The molecule has 0 saturated carbocycles. The number of hydrogen-bond acceptors (Lipinski definition) is 7. The molecule has 0 fully saturated rings. The van der Waals surface area contributed by atoms with Crippen molar-refractivity contribution < 1.29 is 28.1 Å². The molecule has 6 rings (SSSR count). The first-order valence-corrected chi connectivity index (χ1v) is 12.7. The maximum atomic E-state index is 15.0. The number of aryl methyl sites for hydroxylation is 1. The van der Waals surface area contributed by atoms with Gasteiger partial charge in [-0.15, -0.1) is 11.3 Å². The molecule has 0 spiro atoms. The van der Waals surface area contributed by atoms with E-state index in [0.717, 1.165) is 26.4 Å². The maximum Gasteiger partial charge on any atom is 0.306 e. The van der Waals surface area contributed by atoms with Crippen LogP contribution in [0.4, 0.5) is 4.39 Å². The Labute approximate surface area is 211 Å². The van der Waals surface area contributed by atoms with E-state index in [1.807, 2.05) is 43.3 Å². The number of carbonyl (C=O) groups excluding carboxylic acids is 1. The smallest absolute Gasteiger partial charge is 0.306 e. The average Bonchev–Trinajstić information content (AvgIpc) is 3.57. The second-order valence-corrected chi connectivity index (χ2v) is 10.3. The molecule has 4 aromatic rings. The molecular weight excluding hydrogens is 481 g/mol.